The monoisotopic (exact) mass is 689 g/mol. The van der Waals surface area contributed by atoms with Gasteiger partial charge in [-0.25, -0.2) is 0 Å². The van der Waals surface area contributed by atoms with Gasteiger partial charge in [0.05, 0.1) is 0 Å². The minimum Gasteiger partial charge on any atom is -0.147 e. The predicted molar refractivity (Wildman–Crippen MR) is 197 cm³/mol. The molecule has 3 aromatic rings. The largest absolute Gasteiger partial charge is 0.147 e. The number of hydrogen-bond donors (Lipinski definition) is 0. The van der Waals surface area contributed by atoms with Crippen molar-refractivity contribution in [3.8, 4) is 0 Å². The van der Waals surface area contributed by atoms with Crippen molar-refractivity contribution in [2.45, 2.75) is 100 Å². The van der Waals surface area contributed by atoms with Crippen molar-refractivity contribution < 1.29 is 20.4 Å². The van der Waals surface area contributed by atoms with E-state index >= 15 is 0 Å². The van der Waals surface area contributed by atoms with Crippen molar-refractivity contribution in [1.82, 2.24) is 0 Å². The van der Waals surface area contributed by atoms with Crippen molar-refractivity contribution in [3.05, 3.63) is 109 Å². The minimum atomic E-state index is -2.65. The number of rotatable bonds is 11. The van der Waals surface area contributed by atoms with E-state index in [9.17, 15) is 0 Å². The maximum atomic E-state index is 2.61. The topological polar surface area (TPSA) is 0 Å². The summed E-state index contributed by atoms with van der Waals surface area (Å²) in [6, 6.07) is 23.0. The quantitative estimate of drug-likeness (QED) is 0.139. The zero-order chi connectivity index (χ0) is 29.0. The van der Waals surface area contributed by atoms with Crippen molar-refractivity contribution >= 4 is 60.9 Å². The van der Waals surface area contributed by atoms with Gasteiger partial charge in [0.25, 0.3) is 0 Å². The van der Waals surface area contributed by atoms with E-state index in [0.29, 0.717) is 5.92 Å². The molecule has 3 aromatic carbocycles. The molecular weight excluding hydrogens is 639 g/mol. The van der Waals surface area contributed by atoms with Crippen LogP contribution in [0.25, 0.3) is 0 Å². The number of aryl methyl sites for hydroxylation is 6. The fourth-order valence-electron chi connectivity index (χ4n) is 6.65. The molecule has 233 valence electrons. The van der Waals surface area contributed by atoms with E-state index in [2.05, 4.69) is 136 Å². The molecule has 0 fully saturated rings. The van der Waals surface area contributed by atoms with E-state index in [4.69, 9.17) is 0 Å². The number of hydrogen-bond acceptors (Lipinski definition) is 0. The summed E-state index contributed by atoms with van der Waals surface area (Å²) < 4.78 is 1.58. The summed E-state index contributed by atoms with van der Waals surface area (Å²) in [4.78, 5) is 0. The van der Waals surface area contributed by atoms with Crippen LogP contribution in [0.5, 0.6) is 0 Å². The van der Waals surface area contributed by atoms with Crippen molar-refractivity contribution in [3.63, 3.8) is 0 Å². The average molecular weight is 691 g/mol. The van der Waals surface area contributed by atoms with E-state index in [0.717, 1.165) is 44.9 Å². The standard InChI is InChI=1S/C38H49Si.3ClH.Ti/c1-9-28-18-29(10-2)22-34(21-28)39(38-17-15-16-37(38)27(7)8,35-23-30(11-3)19-31(12-4)24-35)36-25-32(13-5)20-33(14-6)26-36;;;;/h16,18-27H,9-15H2,1-8H3;3*1H;. The van der Waals surface area contributed by atoms with Crippen molar-refractivity contribution in [1.29, 1.82) is 0 Å². The maximum absolute atomic E-state index is 2.65. The zero-order valence-corrected chi connectivity index (χ0v) is 32.5. The van der Waals surface area contributed by atoms with Crippen LogP contribution in [0.15, 0.2) is 75.3 Å². The molecule has 0 radical (unpaired) electrons. The van der Waals surface area contributed by atoms with Gasteiger partial charge in [-0.2, -0.15) is 0 Å². The molecule has 0 spiro atoms. The summed E-state index contributed by atoms with van der Waals surface area (Å²) in [5, 5.41) is 6.43. The van der Waals surface area contributed by atoms with Crippen LogP contribution in [0.4, 0.5) is 0 Å². The summed E-state index contributed by atoms with van der Waals surface area (Å²) in [5.74, 6) is 0.499. The molecule has 1 aliphatic carbocycles. The molecule has 4 rings (SSSR count). The van der Waals surface area contributed by atoms with Crippen LogP contribution < -0.4 is 15.6 Å². The molecule has 0 amide bonds. The summed E-state index contributed by atoms with van der Waals surface area (Å²) in [7, 11) is -2.65. The van der Waals surface area contributed by atoms with Crippen LogP contribution in [0.2, 0.25) is 0 Å². The molecule has 0 aromatic heterocycles. The first-order valence-electron chi connectivity index (χ1n) is 15.8. The first-order valence-corrected chi connectivity index (χ1v) is 18.6. The van der Waals surface area contributed by atoms with E-state index in [1.165, 1.54) is 33.4 Å². The van der Waals surface area contributed by atoms with Gasteiger partial charge in [-0.05, 0) is 0 Å². The molecule has 0 N–H and O–H groups in total. The fourth-order valence-corrected chi connectivity index (χ4v) is 13.6. The third kappa shape index (κ3) is 8.03. The van der Waals surface area contributed by atoms with Gasteiger partial charge in [0, 0.05) is 0 Å². The van der Waals surface area contributed by atoms with Crippen LogP contribution in [0, 0.1) is 5.92 Å². The molecule has 5 heteroatoms. The van der Waals surface area contributed by atoms with Gasteiger partial charge in [-0.1, -0.05) is 0 Å². The van der Waals surface area contributed by atoms with Crippen LogP contribution >= 0.6 is 37.2 Å². The Morgan fingerprint density at radius 2 is 0.814 bits per heavy atom. The normalized spacial score (nSPS) is 12.9. The second-order valence-corrected chi connectivity index (χ2v) is 16.5. The molecule has 0 nitrogen and oxygen atoms in total. The maximum Gasteiger partial charge on any atom is -0.147 e. The third-order valence-corrected chi connectivity index (χ3v) is 14.9. The molecule has 0 saturated carbocycles. The average Bonchev–Trinajstić information content (AvgIpc) is 3.38. The second-order valence-electron chi connectivity index (χ2n) is 11.9. The summed E-state index contributed by atoms with van der Waals surface area (Å²) in [5.41, 5.74) is 10.4. The van der Waals surface area contributed by atoms with Gasteiger partial charge < -0.3 is 0 Å². The Morgan fingerprint density at radius 3 is 1.05 bits per heavy atom. The molecule has 0 unspecified atom stereocenters. The Balaban J connectivity index is 0.00000308. The van der Waals surface area contributed by atoms with Gasteiger partial charge in [-0.3, -0.25) is 0 Å². The molecule has 0 atom stereocenters. The number of allylic oxidation sites excluding steroid dienone is 4. The minimum absolute atomic E-state index is 0. The van der Waals surface area contributed by atoms with Crippen LogP contribution in [0.1, 0.15) is 95.2 Å². The van der Waals surface area contributed by atoms with E-state index < -0.39 is 8.07 Å². The molecule has 1 aliphatic rings. The second kappa shape index (κ2) is 17.6. The van der Waals surface area contributed by atoms with E-state index in [1.807, 2.05) is 0 Å². The Labute approximate surface area is 294 Å². The Kier molecular flexibility index (Phi) is 16.3. The Hall–Kier alpha value is -1.06. The molecule has 0 heterocycles. The van der Waals surface area contributed by atoms with Crippen molar-refractivity contribution in [2.75, 3.05) is 0 Å². The number of benzene rings is 3. The van der Waals surface area contributed by atoms with Crippen LogP contribution in [-0.4, -0.2) is 8.07 Å². The van der Waals surface area contributed by atoms with E-state index in [1.54, 1.807) is 30.2 Å². The third-order valence-electron chi connectivity index (χ3n) is 9.02. The van der Waals surface area contributed by atoms with Gasteiger partial charge in [0.2, 0.25) is 0 Å². The molecular formula is C38H52Cl3SiTi. The summed E-state index contributed by atoms with van der Waals surface area (Å²) in [6.45, 7) is 18.7. The Bertz CT molecular complexity index is 1240. The van der Waals surface area contributed by atoms with Gasteiger partial charge in [0.1, 0.15) is 0 Å². The Morgan fingerprint density at radius 1 is 0.535 bits per heavy atom. The predicted octanol–water partition coefficient (Wildman–Crippen LogP) is 9.12. The summed E-state index contributed by atoms with van der Waals surface area (Å²) >= 11 is 2.43. The van der Waals surface area contributed by atoms with Gasteiger partial charge >= 0.3 is 259 Å². The molecule has 0 aliphatic heterocycles. The molecule has 43 heavy (non-hydrogen) atoms. The zero-order valence-electron chi connectivity index (χ0n) is 27.5. The SMILES string of the molecule is CCc1cc(CC)cc([Si](C2=[C]([Ti])CC=C2C(C)C)(c2cc(CC)cc(CC)c2)c2cc(CC)cc(CC)c2)c1.Cl.Cl.Cl. The fraction of sp³-hybridized carbons (Fsp3) is 0.421. The van der Waals surface area contributed by atoms with Crippen LogP contribution in [0.3, 0.4) is 0 Å². The van der Waals surface area contributed by atoms with Gasteiger partial charge in [-0.15, -0.1) is 37.2 Å². The smallest absolute Gasteiger partial charge is 0.147 e. The molecule has 0 saturated heterocycles. The van der Waals surface area contributed by atoms with Crippen LogP contribution in [-0.2, 0) is 59.0 Å². The van der Waals surface area contributed by atoms with E-state index in [-0.39, 0.29) is 37.2 Å². The summed E-state index contributed by atoms with van der Waals surface area (Å²) in [6.07, 6.45) is 10.1. The molecule has 0 bridgehead atoms. The first-order chi connectivity index (χ1) is 19.2. The van der Waals surface area contributed by atoms with Gasteiger partial charge in [0.15, 0.2) is 0 Å². The van der Waals surface area contributed by atoms with Crippen molar-refractivity contribution in [2.24, 2.45) is 5.92 Å². The first kappa shape index (κ1) is 40.0. The number of halogens is 3.